The fourth-order valence-electron chi connectivity index (χ4n) is 3.97. The van der Waals surface area contributed by atoms with Gasteiger partial charge in [0.15, 0.2) is 0 Å². The molecule has 2 N–H and O–H groups in total. The van der Waals surface area contributed by atoms with Gasteiger partial charge >= 0.3 is 0 Å². The fraction of sp³-hybridized carbons (Fsp3) is 0.296. The molecule has 8 heteroatoms. The zero-order chi connectivity index (χ0) is 24.6. The second-order valence-electron chi connectivity index (χ2n) is 8.37. The molecule has 35 heavy (non-hydrogen) atoms. The van der Waals surface area contributed by atoms with Crippen LogP contribution in [0.5, 0.6) is 5.75 Å². The molecule has 1 aliphatic rings. The maximum absolute atomic E-state index is 12.6. The normalized spacial score (nSPS) is 14.9. The van der Waals surface area contributed by atoms with Crippen molar-refractivity contribution in [2.24, 2.45) is 10.3 Å². The third-order valence-electron chi connectivity index (χ3n) is 5.98. The Hall–Kier alpha value is -3.91. The zero-order valence-corrected chi connectivity index (χ0v) is 20.4. The summed E-state index contributed by atoms with van der Waals surface area (Å²) < 4.78 is 5.15. The average Bonchev–Trinajstić information content (AvgIpc) is 3.36. The SMILES string of the molecule is CCN(CC)CC1CN(c2cccc(Nc3cccc(NC(=O)c4ccc(OC)cc4)c3)c2)N=N1. The summed E-state index contributed by atoms with van der Waals surface area (Å²) in [5.41, 5.74) is 4.07. The molecule has 1 unspecified atom stereocenters. The number of nitrogens with one attached hydrogen (secondary N) is 2. The van der Waals surface area contributed by atoms with Gasteiger partial charge in [0.25, 0.3) is 5.91 Å². The molecule has 0 fully saturated rings. The molecule has 3 aromatic carbocycles. The lowest BCUT2D eigenvalue weighted by molar-refractivity contribution is 0.102. The molecule has 0 aliphatic carbocycles. The first-order valence-electron chi connectivity index (χ1n) is 11.9. The van der Waals surface area contributed by atoms with Crippen molar-refractivity contribution in [1.29, 1.82) is 0 Å². The van der Waals surface area contributed by atoms with E-state index in [-0.39, 0.29) is 11.9 Å². The Balaban J connectivity index is 1.38. The van der Waals surface area contributed by atoms with Crippen molar-refractivity contribution in [2.75, 3.05) is 48.9 Å². The van der Waals surface area contributed by atoms with Crippen LogP contribution in [0.15, 0.2) is 83.1 Å². The van der Waals surface area contributed by atoms with Crippen LogP contribution in [-0.4, -0.2) is 50.1 Å². The minimum Gasteiger partial charge on any atom is -0.497 e. The van der Waals surface area contributed by atoms with Crippen molar-refractivity contribution >= 4 is 28.7 Å². The Kier molecular flexibility index (Phi) is 7.95. The third-order valence-corrected chi connectivity index (χ3v) is 5.98. The summed E-state index contributed by atoms with van der Waals surface area (Å²) in [4.78, 5) is 15.0. The van der Waals surface area contributed by atoms with Gasteiger partial charge in [0, 0.05) is 29.2 Å². The summed E-state index contributed by atoms with van der Waals surface area (Å²) in [7, 11) is 1.60. The minimum atomic E-state index is -0.175. The molecule has 0 bridgehead atoms. The standard InChI is InChI=1S/C27H32N6O2/c1-4-32(5-2)18-24-19-33(31-30-24)25-11-7-10-23(17-25)28-21-8-6-9-22(16-21)29-27(34)20-12-14-26(35-3)15-13-20/h6-17,24,28H,4-5,18-19H2,1-3H3,(H,29,34). The molecular weight excluding hydrogens is 440 g/mol. The molecule has 182 valence electrons. The lowest BCUT2D eigenvalue weighted by atomic mass is 10.2. The molecule has 3 aromatic rings. The van der Waals surface area contributed by atoms with Crippen molar-refractivity contribution in [1.82, 2.24) is 4.90 Å². The van der Waals surface area contributed by atoms with Gasteiger partial charge in [-0.25, -0.2) is 5.01 Å². The summed E-state index contributed by atoms with van der Waals surface area (Å²) in [5, 5.41) is 17.2. The Morgan fingerprint density at radius 1 is 1.00 bits per heavy atom. The number of ether oxygens (including phenoxy) is 1. The van der Waals surface area contributed by atoms with E-state index in [1.807, 2.05) is 47.5 Å². The number of hydrogen-bond donors (Lipinski definition) is 2. The topological polar surface area (TPSA) is 81.6 Å². The minimum absolute atomic E-state index is 0.175. The number of benzene rings is 3. The maximum atomic E-state index is 12.6. The van der Waals surface area contributed by atoms with Crippen LogP contribution in [0, 0.1) is 0 Å². The Morgan fingerprint density at radius 2 is 1.69 bits per heavy atom. The first kappa shape index (κ1) is 24.2. The number of carbonyl (C=O) groups is 1. The van der Waals surface area contributed by atoms with Crippen LogP contribution in [-0.2, 0) is 0 Å². The van der Waals surface area contributed by atoms with E-state index in [1.165, 1.54) is 0 Å². The van der Waals surface area contributed by atoms with Crippen LogP contribution in [0.25, 0.3) is 0 Å². The van der Waals surface area contributed by atoms with E-state index in [2.05, 4.69) is 45.8 Å². The van der Waals surface area contributed by atoms with Crippen molar-refractivity contribution < 1.29 is 9.53 Å². The Morgan fingerprint density at radius 3 is 2.40 bits per heavy atom. The zero-order valence-electron chi connectivity index (χ0n) is 20.4. The summed E-state index contributed by atoms with van der Waals surface area (Å²) in [6.07, 6.45) is 0. The van der Waals surface area contributed by atoms with Crippen molar-refractivity contribution in [3.05, 3.63) is 78.4 Å². The van der Waals surface area contributed by atoms with Crippen LogP contribution in [0.1, 0.15) is 24.2 Å². The van der Waals surface area contributed by atoms with E-state index >= 15 is 0 Å². The monoisotopic (exact) mass is 472 g/mol. The quantitative estimate of drug-likeness (QED) is 0.402. The highest BCUT2D eigenvalue weighted by Crippen LogP contribution is 2.27. The van der Waals surface area contributed by atoms with Crippen LogP contribution >= 0.6 is 0 Å². The molecule has 0 radical (unpaired) electrons. The van der Waals surface area contributed by atoms with E-state index in [9.17, 15) is 4.79 Å². The summed E-state index contributed by atoms with van der Waals surface area (Å²) >= 11 is 0. The number of methoxy groups -OCH3 is 1. The summed E-state index contributed by atoms with van der Waals surface area (Å²) in [5.74, 6) is 0.537. The molecule has 1 heterocycles. The highest BCUT2D eigenvalue weighted by Gasteiger charge is 2.22. The van der Waals surface area contributed by atoms with Gasteiger partial charge in [-0.2, -0.15) is 5.11 Å². The number of anilines is 4. The summed E-state index contributed by atoms with van der Waals surface area (Å²) in [6, 6.07) is 22.9. The molecule has 1 amide bonds. The Bertz CT molecular complexity index is 1160. The molecule has 0 saturated carbocycles. The first-order chi connectivity index (χ1) is 17.1. The maximum Gasteiger partial charge on any atom is 0.255 e. The van der Waals surface area contributed by atoms with Gasteiger partial charge in [0.2, 0.25) is 0 Å². The predicted octanol–water partition coefficient (Wildman–Crippen LogP) is 5.59. The number of likely N-dealkylation sites (N-methyl/N-ethyl adjacent to an activating group) is 1. The molecule has 0 spiro atoms. The number of rotatable bonds is 10. The van der Waals surface area contributed by atoms with Crippen LogP contribution in [0.2, 0.25) is 0 Å². The lowest BCUT2D eigenvalue weighted by Crippen LogP contribution is -2.34. The van der Waals surface area contributed by atoms with Gasteiger partial charge in [-0.1, -0.05) is 31.2 Å². The highest BCUT2D eigenvalue weighted by molar-refractivity contribution is 6.04. The van der Waals surface area contributed by atoms with Crippen LogP contribution < -0.4 is 20.4 Å². The van der Waals surface area contributed by atoms with E-state index in [0.29, 0.717) is 17.0 Å². The number of amides is 1. The van der Waals surface area contributed by atoms with Crippen LogP contribution in [0.3, 0.4) is 0 Å². The molecule has 1 atom stereocenters. The molecule has 4 rings (SSSR count). The van der Waals surface area contributed by atoms with Crippen molar-refractivity contribution in [2.45, 2.75) is 19.9 Å². The number of hydrogen-bond acceptors (Lipinski definition) is 7. The molecule has 0 aromatic heterocycles. The van der Waals surface area contributed by atoms with Crippen LogP contribution in [0.4, 0.5) is 22.7 Å². The molecule has 0 saturated heterocycles. The summed E-state index contributed by atoms with van der Waals surface area (Å²) in [6.45, 7) is 8.06. The second kappa shape index (κ2) is 11.5. The fourth-order valence-corrected chi connectivity index (χ4v) is 3.97. The molecule has 8 nitrogen and oxygen atoms in total. The van der Waals surface area contributed by atoms with E-state index in [0.717, 1.165) is 43.2 Å². The van der Waals surface area contributed by atoms with Gasteiger partial charge in [-0.15, -0.1) is 0 Å². The van der Waals surface area contributed by atoms with Gasteiger partial charge in [-0.3, -0.25) is 4.79 Å². The molecule has 1 aliphatic heterocycles. The second-order valence-corrected chi connectivity index (χ2v) is 8.37. The molecular formula is C27H32N6O2. The Labute approximate surface area is 206 Å². The van der Waals surface area contributed by atoms with Gasteiger partial charge in [0.1, 0.15) is 11.8 Å². The van der Waals surface area contributed by atoms with Crippen molar-refractivity contribution in [3.8, 4) is 5.75 Å². The highest BCUT2D eigenvalue weighted by atomic mass is 16.5. The first-order valence-corrected chi connectivity index (χ1v) is 11.9. The predicted molar refractivity (Wildman–Crippen MR) is 141 cm³/mol. The van der Waals surface area contributed by atoms with Gasteiger partial charge < -0.3 is 20.3 Å². The number of nitrogens with zero attached hydrogens (tertiary/aromatic N) is 4. The van der Waals surface area contributed by atoms with Crippen molar-refractivity contribution in [3.63, 3.8) is 0 Å². The van der Waals surface area contributed by atoms with E-state index in [4.69, 9.17) is 4.74 Å². The van der Waals surface area contributed by atoms with E-state index in [1.54, 1.807) is 31.4 Å². The van der Waals surface area contributed by atoms with E-state index < -0.39 is 0 Å². The lowest BCUT2D eigenvalue weighted by Gasteiger charge is -2.21. The third kappa shape index (κ3) is 6.36. The number of carbonyl (C=O) groups excluding carboxylic acids is 1. The smallest absolute Gasteiger partial charge is 0.255 e. The average molecular weight is 473 g/mol. The largest absolute Gasteiger partial charge is 0.497 e. The van der Waals surface area contributed by atoms with Gasteiger partial charge in [0.05, 0.1) is 19.3 Å². The van der Waals surface area contributed by atoms with Gasteiger partial charge in [-0.05, 0) is 73.8 Å².